The molecule has 0 fully saturated rings. The first kappa shape index (κ1) is 7.38. The van der Waals surface area contributed by atoms with Gasteiger partial charge in [-0.2, -0.15) is 0 Å². The van der Waals surface area contributed by atoms with Gasteiger partial charge in [-0.1, -0.05) is 5.10 Å². The number of aromatic amines is 1. The SMILES string of the molecule is Nc1[nH+]nc(S(N)(=O)=O)s1. The lowest BCUT2D eigenvalue weighted by atomic mass is 11.3. The van der Waals surface area contributed by atoms with Gasteiger partial charge in [-0.25, -0.2) is 13.6 Å². The lowest BCUT2D eigenvalue weighted by Crippen LogP contribution is -2.14. The van der Waals surface area contributed by atoms with Crippen LogP contribution in [0.15, 0.2) is 4.34 Å². The van der Waals surface area contributed by atoms with E-state index in [2.05, 4.69) is 10.2 Å². The Hall–Kier alpha value is -0.730. The monoisotopic (exact) mass is 181 g/mol. The molecule has 1 rings (SSSR count). The normalized spacial score (nSPS) is 11.7. The number of hydrogen-bond acceptors (Lipinski definition) is 5. The molecule has 0 aromatic carbocycles. The number of sulfonamides is 1. The summed E-state index contributed by atoms with van der Waals surface area (Å²) in [4.78, 5) is 0. The topological polar surface area (TPSA) is 113 Å². The van der Waals surface area contributed by atoms with Gasteiger partial charge in [0, 0.05) is 0 Å². The molecule has 6 nitrogen and oxygen atoms in total. The summed E-state index contributed by atoms with van der Waals surface area (Å²) in [6, 6.07) is 0. The summed E-state index contributed by atoms with van der Waals surface area (Å²) in [5.41, 5.74) is 5.16. The number of anilines is 1. The van der Waals surface area contributed by atoms with Gasteiger partial charge in [0.1, 0.15) is 0 Å². The molecule has 0 atom stereocenters. The molecular formula is C2H5N4O2S2+. The highest BCUT2D eigenvalue weighted by Crippen LogP contribution is 2.11. The van der Waals surface area contributed by atoms with E-state index >= 15 is 0 Å². The first-order chi connectivity index (χ1) is 4.50. The van der Waals surface area contributed by atoms with Crippen LogP contribution in [-0.4, -0.2) is 13.5 Å². The van der Waals surface area contributed by atoms with Crippen LogP contribution in [0.4, 0.5) is 5.13 Å². The molecule has 0 unspecified atom stereocenters. The largest absolute Gasteiger partial charge is 0.352 e. The van der Waals surface area contributed by atoms with Crippen molar-refractivity contribution in [3.63, 3.8) is 0 Å². The van der Waals surface area contributed by atoms with Crippen molar-refractivity contribution in [2.24, 2.45) is 5.14 Å². The summed E-state index contributed by atoms with van der Waals surface area (Å²) in [5, 5.41) is 10.5. The second kappa shape index (κ2) is 2.15. The lowest BCUT2D eigenvalue weighted by Gasteiger charge is -1.81. The van der Waals surface area contributed by atoms with Crippen molar-refractivity contribution < 1.29 is 13.5 Å². The molecule has 10 heavy (non-hydrogen) atoms. The molecule has 1 heterocycles. The number of aromatic nitrogens is 2. The van der Waals surface area contributed by atoms with Crippen molar-refractivity contribution in [3.05, 3.63) is 0 Å². The van der Waals surface area contributed by atoms with Gasteiger partial charge in [-0.15, -0.1) is 5.10 Å². The molecule has 0 spiro atoms. The number of rotatable bonds is 1. The van der Waals surface area contributed by atoms with Crippen molar-refractivity contribution in [1.82, 2.24) is 5.10 Å². The van der Waals surface area contributed by atoms with Crippen molar-refractivity contribution in [2.75, 3.05) is 5.73 Å². The highest BCUT2D eigenvalue weighted by molar-refractivity contribution is 7.91. The average Bonchev–Trinajstić information content (AvgIpc) is 2.11. The first-order valence-corrected chi connectivity index (χ1v) is 4.53. The second-order valence-corrected chi connectivity index (χ2v) is 4.27. The minimum atomic E-state index is -3.69. The predicted molar refractivity (Wildman–Crippen MR) is 34.5 cm³/mol. The summed E-state index contributed by atoms with van der Waals surface area (Å²) in [6.07, 6.45) is 0. The van der Waals surface area contributed by atoms with Gasteiger partial charge in [0.05, 0.1) is 0 Å². The Kier molecular flexibility index (Phi) is 1.58. The summed E-state index contributed by atoms with van der Waals surface area (Å²) in [6.45, 7) is 0. The van der Waals surface area contributed by atoms with Gasteiger partial charge in [0.2, 0.25) is 0 Å². The molecule has 8 heteroatoms. The average molecular weight is 181 g/mol. The predicted octanol–water partition coefficient (Wildman–Crippen LogP) is -1.81. The maximum absolute atomic E-state index is 10.5. The third kappa shape index (κ3) is 1.40. The summed E-state index contributed by atoms with van der Waals surface area (Å²) >= 11 is 0.793. The molecule has 0 aliphatic rings. The molecular weight excluding hydrogens is 176 g/mol. The van der Waals surface area contributed by atoms with Crippen molar-refractivity contribution in [1.29, 1.82) is 0 Å². The Morgan fingerprint density at radius 3 is 2.40 bits per heavy atom. The van der Waals surface area contributed by atoms with E-state index in [0.717, 1.165) is 11.3 Å². The minimum Gasteiger partial charge on any atom is -0.276 e. The quantitative estimate of drug-likeness (QED) is 0.531. The third-order valence-electron chi connectivity index (χ3n) is 0.698. The van der Waals surface area contributed by atoms with E-state index in [1.54, 1.807) is 0 Å². The summed E-state index contributed by atoms with van der Waals surface area (Å²) < 4.78 is 20.8. The van der Waals surface area contributed by atoms with E-state index in [0.29, 0.717) is 0 Å². The molecule has 0 radical (unpaired) electrons. The highest BCUT2D eigenvalue weighted by Gasteiger charge is 2.15. The van der Waals surface area contributed by atoms with Gasteiger partial charge in [0.25, 0.3) is 14.4 Å². The fourth-order valence-electron chi connectivity index (χ4n) is 0.362. The Labute approximate surface area is 60.9 Å². The highest BCUT2D eigenvalue weighted by atomic mass is 32.2. The third-order valence-corrected chi connectivity index (χ3v) is 2.80. The zero-order chi connectivity index (χ0) is 7.78. The molecule has 0 saturated carbocycles. The molecule has 1 aromatic rings. The Morgan fingerprint density at radius 2 is 2.20 bits per heavy atom. The first-order valence-electron chi connectivity index (χ1n) is 2.17. The van der Waals surface area contributed by atoms with E-state index in [-0.39, 0.29) is 9.47 Å². The van der Waals surface area contributed by atoms with Crippen LogP contribution in [0.3, 0.4) is 0 Å². The van der Waals surface area contributed by atoms with Crippen LogP contribution in [0, 0.1) is 0 Å². The fraction of sp³-hybridized carbons (Fsp3) is 0. The number of nitrogens with two attached hydrogens (primary N) is 2. The van der Waals surface area contributed by atoms with E-state index in [1.807, 2.05) is 0 Å². The zero-order valence-corrected chi connectivity index (χ0v) is 6.37. The lowest BCUT2D eigenvalue weighted by molar-refractivity contribution is -0.436. The van der Waals surface area contributed by atoms with Gasteiger partial charge in [-0.05, 0) is 11.3 Å². The van der Waals surface area contributed by atoms with Crippen molar-refractivity contribution >= 4 is 26.5 Å². The Morgan fingerprint density at radius 1 is 1.60 bits per heavy atom. The molecule has 0 amide bonds. The van der Waals surface area contributed by atoms with Gasteiger partial charge >= 0.3 is 5.13 Å². The fourth-order valence-corrected chi connectivity index (χ4v) is 1.64. The molecule has 5 N–H and O–H groups in total. The maximum Gasteiger partial charge on any atom is 0.352 e. The molecule has 0 aliphatic carbocycles. The van der Waals surface area contributed by atoms with Crippen LogP contribution in [0.1, 0.15) is 0 Å². The number of nitrogens with zero attached hydrogens (tertiary/aromatic N) is 1. The van der Waals surface area contributed by atoms with Crippen LogP contribution in [0.5, 0.6) is 0 Å². The maximum atomic E-state index is 10.5. The van der Waals surface area contributed by atoms with Gasteiger partial charge < -0.3 is 0 Å². The van der Waals surface area contributed by atoms with Gasteiger partial charge in [0.15, 0.2) is 0 Å². The number of primary sulfonamides is 1. The van der Waals surface area contributed by atoms with E-state index in [1.165, 1.54) is 0 Å². The van der Waals surface area contributed by atoms with Gasteiger partial charge in [-0.3, -0.25) is 5.73 Å². The van der Waals surface area contributed by atoms with Crippen LogP contribution in [-0.2, 0) is 10.0 Å². The molecule has 1 aromatic heterocycles. The summed E-state index contributed by atoms with van der Waals surface area (Å²) in [7, 11) is -3.69. The number of nitrogen functional groups attached to an aromatic ring is 1. The van der Waals surface area contributed by atoms with Crippen molar-refractivity contribution in [3.8, 4) is 0 Å². The molecule has 0 aliphatic heterocycles. The second-order valence-electron chi connectivity index (χ2n) is 1.50. The van der Waals surface area contributed by atoms with Crippen LogP contribution in [0.25, 0.3) is 0 Å². The number of nitrogens with one attached hydrogen (secondary N) is 1. The molecule has 0 saturated heterocycles. The molecule has 0 bridgehead atoms. The van der Waals surface area contributed by atoms with Crippen LogP contribution >= 0.6 is 11.3 Å². The van der Waals surface area contributed by atoms with Crippen molar-refractivity contribution in [2.45, 2.75) is 4.34 Å². The van der Waals surface area contributed by atoms with Crippen LogP contribution < -0.4 is 16.0 Å². The summed E-state index contributed by atoms with van der Waals surface area (Å²) in [5.74, 6) is 0. The van der Waals surface area contributed by atoms with Crippen LogP contribution in [0.2, 0.25) is 0 Å². The number of H-pyrrole nitrogens is 1. The van der Waals surface area contributed by atoms with E-state index in [9.17, 15) is 8.42 Å². The zero-order valence-electron chi connectivity index (χ0n) is 4.73. The smallest absolute Gasteiger partial charge is 0.276 e. The Balaban J connectivity index is 3.21. The van der Waals surface area contributed by atoms with E-state index in [4.69, 9.17) is 10.9 Å². The minimum absolute atomic E-state index is 0.204. The number of hydrogen-bond donors (Lipinski definition) is 2. The Bertz CT molecular complexity index is 327. The van der Waals surface area contributed by atoms with E-state index < -0.39 is 10.0 Å². The molecule has 56 valence electrons. The standard InChI is InChI=1S/C2H4N4O2S2/c3-1-5-6-2(9-1)10(4,7)8/h(H2,3,5)(H2,4,7,8)/p+1.